The first-order valence-corrected chi connectivity index (χ1v) is 8.99. The van der Waals surface area contributed by atoms with Crippen LogP contribution >= 0.6 is 15.9 Å². The van der Waals surface area contributed by atoms with Crippen molar-refractivity contribution in [3.63, 3.8) is 0 Å². The Bertz CT molecular complexity index is 762. The summed E-state index contributed by atoms with van der Waals surface area (Å²) in [5.41, 5.74) is 0.989. The maximum absolute atomic E-state index is 12.3. The van der Waals surface area contributed by atoms with E-state index in [9.17, 15) is 9.59 Å². The van der Waals surface area contributed by atoms with Crippen molar-refractivity contribution in [1.82, 2.24) is 10.2 Å². The molecule has 1 aliphatic rings. The molecule has 2 heterocycles. The van der Waals surface area contributed by atoms with Crippen LogP contribution in [-0.4, -0.2) is 35.8 Å². The molecule has 3 rings (SSSR count). The second-order valence-electron chi connectivity index (χ2n) is 5.92. The van der Waals surface area contributed by atoms with E-state index in [2.05, 4.69) is 21.2 Å². The van der Waals surface area contributed by atoms with Gasteiger partial charge in [0.1, 0.15) is 0 Å². The number of nitrogens with zero attached hydrogens (tertiary/aromatic N) is 1. The molecule has 0 unspecified atom stereocenters. The highest BCUT2D eigenvalue weighted by molar-refractivity contribution is 9.10. The smallest absolute Gasteiger partial charge is 0.289 e. The summed E-state index contributed by atoms with van der Waals surface area (Å²) < 4.78 is 5.86. The van der Waals surface area contributed by atoms with Gasteiger partial charge in [0.2, 0.25) is 5.91 Å². The van der Waals surface area contributed by atoms with Gasteiger partial charge in [0.15, 0.2) is 10.4 Å². The number of halogens is 1. The van der Waals surface area contributed by atoms with Gasteiger partial charge in [0.25, 0.3) is 5.91 Å². The van der Waals surface area contributed by atoms with E-state index in [1.807, 2.05) is 30.3 Å². The Morgan fingerprint density at radius 1 is 1.12 bits per heavy atom. The van der Waals surface area contributed by atoms with Crippen LogP contribution in [0.1, 0.15) is 29.0 Å². The number of carbonyl (C=O) groups excluding carboxylic acids is 2. The molecule has 0 saturated carbocycles. The lowest BCUT2D eigenvalue weighted by molar-refractivity contribution is -0.117. The lowest BCUT2D eigenvalue weighted by Crippen LogP contribution is -2.46. The van der Waals surface area contributed by atoms with Gasteiger partial charge in [-0.3, -0.25) is 9.59 Å². The highest BCUT2D eigenvalue weighted by Crippen LogP contribution is 2.18. The highest BCUT2D eigenvalue weighted by Gasteiger charge is 2.25. The third-order valence-corrected chi connectivity index (χ3v) is 4.57. The first kappa shape index (κ1) is 17.5. The van der Waals surface area contributed by atoms with Crippen LogP contribution in [0.3, 0.4) is 0 Å². The number of hydrogen-bond donors (Lipinski definition) is 1. The first-order valence-electron chi connectivity index (χ1n) is 8.20. The summed E-state index contributed by atoms with van der Waals surface area (Å²) in [4.78, 5) is 26.1. The van der Waals surface area contributed by atoms with Crippen molar-refractivity contribution in [3.8, 4) is 0 Å². The van der Waals surface area contributed by atoms with Gasteiger partial charge < -0.3 is 14.6 Å². The quantitative estimate of drug-likeness (QED) is 0.796. The van der Waals surface area contributed by atoms with Crippen molar-refractivity contribution >= 4 is 33.8 Å². The molecule has 5 nitrogen and oxygen atoms in total. The topological polar surface area (TPSA) is 62.6 Å². The number of furan rings is 1. The van der Waals surface area contributed by atoms with Crippen LogP contribution in [0.5, 0.6) is 0 Å². The number of amides is 2. The van der Waals surface area contributed by atoms with E-state index in [0.717, 1.165) is 18.4 Å². The zero-order valence-corrected chi connectivity index (χ0v) is 15.2. The standard InChI is InChI=1S/C19H19BrN2O3/c20-17-8-7-16(25-17)19(24)22-12-10-15(11-13-22)21-18(23)9-6-14-4-2-1-3-5-14/h1-9,15H,10-13H2,(H,21,23)/b9-6+. The molecule has 1 aromatic heterocycles. The average Bonchev–Trinajstić information content (AvgIpc) is 3.07. The number of carbonyl (C=O) groups is 2. The summed E-state index contributed by atoms with van der Waals surface area (Å²) >= 11 is 3.20. The molecule has 25 heavy (non-hydrogen) atoms. The van der Waals surface area contributed by atoms with E-state index in [1.54, 1.807) is 29.2 Å². The average molecular weight is 403 g/mol. The Morgan fingerprint density at radius 3 is 2.48 bits per heavy atom. The Kier molecular flexibility index (Phi) is 5.71. The third-order valence-electron chi connectivity index (χ3n) is 4.14. The Balaban J connectivity index is 1.47. The van der Waals surface area contributed by atoms with Gasteiger partial charge in [-0.05, 0) is 52.5 Å². The number of benzene rings is 1. The Hall–Kier alpha value is -2.34. The maximum Gasteiger partial charge on any atom is 0.289 e. The van der Waals surface area contributed by atoms with Crippen molar-refractivity contribution in [3.05, 3.63) is 64.5 Å². The molecule has 0 spiro atoms. The minimum absolute atomic E-state index is 0.0836. The summed E-state index contributed by atoms with van der Waals surface area (Å²) in [7, 11) is 0. The van der Waals surface area contributed by atoms with Gasteiger partial charge in [-0.25, -0.2) is 0 Å². The molecule has 2 amide bonds. The van der Waals surface area contributed by atoms with Crippen LogP contribution < -0.4 is 5.32 Å². The second kappa shape index (κ2) is 8.16. The van der Waals surface area contributed by atoms with Crippen LogP contribution in [-0.2, 0) is 4.79 Å². The zero-order valence-electron chi connectivity index (χ0n) is 13.7. The normalized spacial score (nSPS) is 15.5. The van der Waals surface area contributed by atoms with E-state index in [-0.39, 0.29) is 17.9 Å². The molecule has 1 fully saturated rings. The van der Waals surface area contributed by atoms with Crippen LogP contribution in [0.4, 0.5) is 0 Å². The molecule has 0 atom stereocenters. The van der Waals surface area contributed by atoms with Crippen molar-refractivity contribution in [1.29, 1.82) is 0 Å². The molecular formula is C19H19BrN2O3. The number of hydrogen-bond acceptors (Lipinski definition) is 3. The molecule has 0 radical (unpaired) electrons. The molecule has 1 saturated heterocycles. The maximum atomic E-state index is 12.3. The molecule has 6 heteroatoms. The summed E-state index contributed by atoms with van der Waals surface area (Å²) in [5.74, 6) is 0.114. The van der Waals surface area contributed by atoms with E-state index in [1.165, 1.54) is 0 Å². The van der Waals surface area contributed by atoms with Crippen molar-refractivity contribution < 1.29 is 14.0 Å². The molecule has 130 valence electrons. The SMILES string of the molecule is O=C(/C=C/c1ccccc1)NC1CCN(C(=O)c2ccc(Br)o2)CC1. The number of rotatable bonds is 4. The van der Waals surface area contributed by atoms with Crippen LogP contribution in [0.2, 0.25) is 0 Å². The number of nitrogens with one attached hydrogen (secondary N) is 1. The van der Waals surface area contributed by atoms with Crippen molar-refractivity contribution in [2.24, 2.45) is 0 Å². The van der Waals surface area contributed by atoms with Gasteiger partial charge in [0, 0.05) is 25.2 Å². The van der Waals surface area contributed by atoms with Crippen molar-refractivity contribution in [2.45, 2.75) is 18.9 Å². The lowest BCUT2D eigenvalue weighted by atomic mass is 10.0. The Labute approximate surface area is 154 Å². The predicted molar refractivity (Wildman–Crippen MR) is 99.0 cm³/mol. The van der Waals surface area contributed by atoms with Gasteiger partial charge in [-0.2, -0.15) is 0 Å². The fourth-order valence-corrected chi connectivity index (χ4v) is 3.10. The van der Waals surface area contributed by atoms with Gasteiger partial charge in [-0.1, -0.05) is 30.3 Å². The molecular weight excluding hydrogens is 384 g/mol. The van der Waals surface area contributed by atoms with E-state index in [0.29, 0.717) is 23.5 Å². The summed E-state index contributed by atoms with van der Waals surface area (Å²) in [6.45, 7) is 1.20. The second-order valence-corrected chi connectivity index (χ2v) is 6.70. The van der Waals surface area contributed by atoms with Crippen LogP contribution in [0.25, 0.3) is 6.08 Å². The molecule has 0 aliphatic carbocycles. The zero-order chi connectivity index (χ0) is 17.6. The molecule has 1 aromatic carbocycles. The first-order chi connectivity index (χ1) is 12.1. The highest BCUT2D eigenvalue weighted by atomic mass is 79.9. The summed E-state index contributed by atoms with van der Waals surface area (Å²) in [5, 5.41) is 3.00. The van der Waals surface area contributed by atoms with Crippen LogP contribution in [0, 0.1) is 0 Å². The lowest BCUT2D eigenvalue weighted by Gasteiger charge is -2.31. The predicted octanol–water partition coefficient (Wildman–Crippen LogP) is 3.48. The van der Waals surface area contributed by atoms with E-state index >= 15 is 0 Å². The fraction of sp³-hybridized carbons (Fsp3) is 0.263. The minimum Gasteiger partial charge on any atom is -0.444 e. The van der Waals surface area contributed by atoms with Crippen LogP contribution in [0.15, 0.2) is 57.6 Å². The van der Waals surface area contributed by atoms with Crippen molar-refractivity contribution in [2.75, 3.05) is 13.1 Å². The number of likely N-dealkylation sites (tertiary alicyclic amines) is 1. The summed E-state index contributed by atoms with van der Waals surface area (Å²) in [6, 6.07) is 13.1. The summed E-state index contributed by atoms with van der Waals surface area (Å²) in [6.07, 6.45) is 4.81. The monoisotopic (exact) mass is 402 g/mol. The third kappa shape index (κ3) is 4.82. The minimum atomic E-state index is -0.112. The van der Waals surface area contributed by atoms with Gasteiger partial charge in [0.05, 0.1) is 0 Å². The molecule has 0 bridgehead atoms. The molecule has 1 aliphatic heterocycles. The largest absolute Gasteiger partial charge is 0.444 e. The number of piperidine rings is 1. The van der Waals surface area contributed by atoms with E-state index in [4.69, 9.17) is 4.42 Å². The molecule has 2 aromatic rings. The van der Waals surface area contributed by atoms with Gasteiger partial charge in [-0.15, -0.1) is 0 Å². The van der Waals surface area contributed by atoms with E-state index < -0.39 is 0 Å². The Morgan fingerprint density at radius 2 is 1.84 bits per heavy atom. The van der Waals surface area contributed by atoms with Gasteiger partial charge >= 0.3 is 0 Å². The molecule has 1 N–H and O–H groups in total. The fourth-order valence-electron chi connectivity index (χ4n) is 2.80.